The quantitative estimate of drug-likeness (QED) is 0.343. The summed E-state index contributed by atoms with van der Waals surface area (Å²) in [5, 5.41) is 0. The number of rotatable bonds is 14. The van der Waals surface area contributed by atoms with Crippen LogP contribution in [0.5, 0.6) is 0 Å². The molecule has 0 saturated heterocycles. The van der Waals surface area contributed by atoms with Gasteiger partial charge >= 0.3 is 0 Å². The van der Waals surface area contributed by atoms with Crippen molar-refractivity contribution >= 4 is 11.4 Å². The molecule has 0 aliphatic heterocycles. The van der Waals surface area contributed by atoms with Gasteiger partial charge in [0.2, 0.25) is 0 Å². The van der Waals surface area contributed by atoms with E-state index in [2.05, 4.69) is 6.92 Å². The van der Waals surface area contributed by atoms with Crippen molar-refractivity contribution < 1.29 is 17.7 Å². The van der Waals surface area contributed by atoms with E-state index in [0.717, 1.165) is 25.9 Å². The van der Waals surface area contributed by atoms with Crippen LogP contribution in [0.25, 0.3) is 0 Å². The van der Waals surface area contributed by atoms with Crippen molar-refractivity contribution in [2.75, 3.05) is 6.61 Å². The van der Waals surface area contributed by atoms with Gasteiger partial charge in [-0.15, -0.1) is 0 Å². The predicted molar refractivity (Wildman–Crippen MR) is 89.2 cm³/mol. The molecule has 0 heterocycles. The summed E-state index contributed by atoms with van der Waals surface area (Å²) in [6, 6.07) is 0. The molecular weight excluding hydrogens is 300 g/mol. The molecule has 0 N–H and O–H groups in total. The first kappa shape index (κ1) is 20.1. The molecule has 4 nitrogen and oxygen atoms in total. The van der Waals surface area contributed by atoms with Crippen molar-refractivity contribution in [2.24, 2.45) is 0 Å². The molecule has 0 radical (unpaired) electrons. The highest BCUT2D eigenvalue weighted by Crippen LogP contribution is 2.25. The van der Waals surface area contributed by atoms with Crippen LogP contribution in [0, 0.1) is 0 Å². The van der Waals surface area contributed by atoms with Gasteiger partial charge in [-0.1, -0.05) is 64.7 Å². The van der Waals surface area contributed by atoms with Crippen LogP contribution >= 0.6 is 0 Å². The Balaban J connectivity index is 1.81. The lowest BCUT2D eigenvalue weighted by atomic mass is 10.1. The van der Waals surface area contributed by atoms with Crippen molar-refractivity contribution in [1.82, 2.24) is 0 Å². The third-order valence-electron chi connectivity index (χ3n) is 4.40. The van der Waals surface area contributed by atoms with E-state index in [4.69, 9.17) is 8.92 Å². The zero-order valence-electron chi connectivity index (χ0n) is 14.1. The lowest BCUT2D eigenvalue weighted by Crippen LogP contribution is -2.14. The highest BCUT2D eigenvalue weighted by Gasteiger charge is 2.26. The lowest BCUT2D eigenvalue weighted by Gasteiger charge is -2.14. The van der Waals surface area contributed by atoms with Gasteiger partial charge in [0.05, 0.1) is 23.6 Å². The Bertz CT molecular complexity index is 286. The Morgan fingerprint density at radius 1 is 0.909 bits per heavy atom. The second-order valence-corrected chi connectivity index (χ2v) is 7.01. The normalized spacial score (nSPS) is 23.0. The van der Waals surface area contributed by atoms with Gasteiger partial charge in [-0.05, 0) is 19.3 Å². The van der Waals surface area contributed by atoms with E-state index >= 15 is 0 Å². The molecule has 3 unspecified atom stereocenters. The number of ether oxygens (including phenoxy) is 1. The molecule has 22 heavy (non-hydrogen) atoms. The van der Waals surface area contributed by atoms with Crippen LogP contribution in [-0.2, 0) is 20.3 Å². The zero-order valence-corrected chi connectivity index (χ0v) is 14.9. The van der Waals surface area contributed by atoms with Gasteiger partial charge in [0.25, 0.3) is 0 Å². The summed E-state index contributed by atoms with van der Waals surface area (Å²) in [5.41, 5.74) is 0. The molecule has 1 saturated carbocycles. The Labute approximate surface area is 138 Å². The van der Waals surface area contributed by atoms with Crippen LogP contribution in [0.3, 0.4) is 0 Å². The van der Waals surface area contributed by atoms with E-state index in [0.29, 0.717) is 6.42 Å². The molecule has 1 aliphatic rings. The monoisotopic (exact) mass is 333 g/mol. The van der Waals surface area contributed by atoms with Gasteiger partial charge in [-0.25, -0.2) is 4.21 Å². The lowest BCUT2D eigenvalue weighted by molar-refractivity contribution is 0.0477. The fourth-order valence-corrected chi connectivity index (χ4v) is 3.49. The maximum absolute atomic E-state index is 10.5. The molecule has 3 atom stereocenters. The molecule has 0 aromatic rings. The van der Waals surface area contributed by atoms with Crippen molar-refractivity contribution in [3.05, 3.63) is 0 Å². The van der Waals surface area contributed by atoms with Crippen LogP contribution in [-0.4, -0.2) is 27.6 Å². The minimum atomic E-state index is -2.39. The Kier molecular flexibility index (Phi) is 12.3. The number of hydrogen-bond acceptors (Lipinski definition) is 4. The summed E-state index contributed by atoms with van der Waals surface area (Å²) in [6.45, 7) is 3.06. The Hall–Kier alpha value is 0.0300. The van der Waals surface area contributed by atoms with Gasteiger partial charge < -0.3 is 9.29 Å². The topological polar surface area (TPSA) is 58.6 Å². The molecule has 0 spiro atoms. The van der Waals surface area contributed by atoms with E-state index in [1.54, 1.807) is 0 Å². The Morgan fingerprint density at radius 3 is 2.05 bits per heavy atom. The molecular formula is C17H33O4S-. The van der Waals surface area contributed by atoms with E-state index in [1.807, 2.05) is 0 Å². The first-order valence-corrected chi connectivity index (χ1v) is 10.1. The van der Waals surface area contributed by atoms with E-state index in [1.165, 1.54) is 57.8 Å². The van der Waals surface area contributed by atoms with Gasteiger partial charge in [0.15, 0.2) is 0 Å². The number of hydrogen-bond donors (Lipinski definition) is 0. The van der Waals surface area contributed by atoms with Crippen molar-refractivity contribution in [2.45, 2.75) is 103 Å². The zero-order chi connectivity index (χ0) is 16.0. The molecule has 1 rings (SSSR count). The minimum absolute atomic E-state index is 0.170. The average Bonchev–Trinajstić information content (AvgIpc) is 2.91. The fraction of sp³-hybridized carbons (Fsp3) is 1.00. The minimum Gasteiger partial charge on any atom is -0.750 e. The molecule has 0 amide bonds. The van der Waals surface area contributed by atoms with Gasteiger partial charge in [0.1, 0.15) is 0 Å². The highest BCUT2D eigenvalue weighted by atomic mass is 32.2. The van der Waals surface area contributed by atoms with Crippen LogP contribution in [0.1, 0.15) is 90.4 Å². The van der Waals surface area contributed by atoms with Gasteiger partial charge in [-0.2, -0.15) is 0 Å². The molecule has 132 valence electrons. The standard InChI is InChI=1S/C17H34O4S/c1-2-3-4-5-6-7-8-9-10-11-14-20-16-12-13-17(15-16)21-22(18)19/h16-17H,2-15H2,1H3,(H,18,19)/p-1. The average molecular weight is 334 g/mol. The molecule has 0 aromatic heterocycles. The fourth-order valence-electron chi connectivity index (χ4n) is 3.09. The maximum Gasteiger partial charge on any atom is 0.0844 e. The molecule has 0 bridgehead atoms. The summed E-state index contributed by atoms with van der Waals surface area (Å²) >= 11 is -2.39. The smallest absolute Gasteiger partial charge is 0.0844 e. The van der Waals surface area contributed by atoms with E-state index < -0.39 is 11.4 Å². The summed E-state index contributed by atoms with van der Waals surface area (Å²) in [7, 11) is 0. The van der Waals surface area contributed by atoms with E-state index in [9.17, 15) is 8.76 Å². The molecule has 1 aliphatic carbocycles. The first-order chi connectivity index (χ1) is 10.7. The third-order valence-corrected chi connectivity index (χ3v) is 4.83. The maximum atomic E-state index is 10.5. The predicted octanol–water partition coefficient (Wildman–Crippen LogP) is 4.66. The summed E-state index contributed by atoms with van der Waals surface area (Å²) < 4.78 is 31.5. The second kappa shape index (κ2) is 13.5. The van der Waals surface area contributed by atoms with Crippen molar-refractivity contribution in [3.63, 3.8) is 0 Å². The highest BCUT2D eigenvalue weighted by molar-refractivity contribution is 7.74. The summed E-state index contributed by atoms with van der Waals surface area (Å²) in [6.07, 6.45) is 15.7. The van der Waals surface area contributed by atoms with E-state index in [-0.39, 0.29) is 12.2 Å². The van der Waals surface area contributed by atoms with Gasteiger partial charge in [0, 0.05) is 13.0 Å². The SMILES string of the molecule is CCCCCCCCCCCCOC1CCC(OS(=O)[O-])C1. The van der Waals surface area contributed by atoms with Crippen LogP contribution < -0.4 is 0 Å². The summed E-state index contributed by atoms with van der Waals surface area (Å²) in [5.74, 6) is 0. The second-order valence-electron chi connectivity index (χ2n) is 6.41. The molecule has 5 heteroatoms. The molecule has 1 fully saturated rings. The summed E-state index contributed by atoms with van der Waals surface area (Å²) in [4.78, 5) is 0. The van der Waals surface area contributed by atoms with Gasteiger partial charge in [-0.3, -0.25) is 4.18 Å². The third kappa shape index (κ3) is 10.7. The number of unbranched alkanes of at least 4 members (excludes halogenated alkanes) is 9. The van der Waals surface area contributed by atoms with Crippen LogP contribution in [0.15, 0.2) is 0 Å². The molecule has 0 aromatic carbocycles. The van der Waals surface area contributed by atoms with Crippen molar-refractivity contribution in [3.8, 4) is 0 Å². The van der Waals surface area contributed by atoms with Crippen molar-refractivity contribution in [1.29, 1.82) is 0 Å². The first-order valence-electron chi connectivity index (χ1n) is 9.10. The van der Waals surface area contributed by atoms with Crippen LogP contribution in [0.4, 0.5) is 0 Å². The largest absolute Gasteiger partial charge is 0.750 e. The van der Waals surface area contributed by atoms with Crippen LogP contribution in [0.2, 0.25) is 0 Å². The Morgan fingerprint density at radius 2 is 1.45 bits per heavy atom.